The number of benzene rings is 1. The van der Waals surface area contributed by atoms with Crippen LogP contribution in [-0.2, 0) is 16.1 Å². The van der Waals surface area contributed by atoms with E-state index in [1.54, 1.807) is 18.3 Å². The third-order valence-electron chi connectivity index (χ3n) is 5.51. The van der Waals surface area contributed by atoms with Crippen molar-refractivity contribution in [2.75, 3.05) is 13.1 Å². The van der Waals surface area contributed by atoms with Gasteiger partial charge in [-0.05, 0) is 48.1 Å². The van der Waals surface area contributed by atoms with Gasteiger partial charge < -0.3 is 4.90 Å². The molecule has 0 spiro atoms. The highest BCUT2D eigenvalue weighted by molar-refractivity contribution is 6.35. The number of nitrogens with zero attached hydrogens (tertiary/aromatic N) is 3. The van der Waals surface area contributed by atoms with Gasteiger partial charge in [0, 0.05) is 24.3 Å². The highest BCUT2D eigenvalue weighted by Crippen LogP contribution is 2.35. The lowest BCUT2D eigenvalue weighted by molar-refractivity contribution is -0.138. The molecule has 2 aliphatic rings. The molecule has 2 atom stereocenters. The zero-order chi connectivity index (χ0) is 20.5. The van der Waals surface area contributed by atoms with Gasteiger partial charge in [0.1, 0.15) is 5.70 Å². The lowest BCUT2D eigenvalue weighted by Crippen LogP contribution is -2.41. The van der Waals surface area contributed by atoms with Crippen molar-refractivity contribution in [2.45, 2.75) is 26.8 Å². The van der Waals surface area contributed by atoms with Gasteiger partial charge in [0.25, 0.3) is 11.8 Å². The summed E-state index contributed by atoms with van der Waals surface area (Å²) in [6, 6.07) is 12.6. The minimum Gasteiger partial charge on any atom is -0.366 e. The molecule has 29 heavy (non-hydrogen) atoms. The van der Waals surface area contributed by atoms with Gasteiger partial charge in [-0.2, -0.15) is 0 Å². The Morgan fingerprint density at radius 1 is 1.00 bits per heavy atom. The van der Waals surface area contributed by atoms with E-state index in [1.807, 2.05) is 30.3 Å². The Kier molecular flexibility index (Phi) is 5.41. The molecular formula is C23H24ClN3O2. The average molecular weight is 410 g/mol. The molecule has 1 fully saturated rings. The third-order valence-corrected chi connectivity index (χ3v) is 5.76. The number of piperidine rings is 1. The molecule has 2 unspecified atom stereocenters. The second kappa shape index (κ2) is 7.99. The monoisotopic (exact) mass is 409 g/mol. The molecule has 6 heteroatoms. The summed E-state index contributed by atoms with van der Waals surface area (Å²) in [4.78, 5) is 34.5. The highest BCUT2D eigenvalue weighted by Gasteiger charge is 2.42. The summed E-state index contributed by atoms with van der Waals surface area (Å²) in [5.74, 6) is 0.409. The van der Waals surface area contributed by atoms with Crippen LogP contribution < -0.4 is 0 Å². The van der Waals surface area contributed by atoms with Gasteiger partial charge in [0.15, 0.2) is 0 Å². The van der Waals surface area contributed by atoms with Crippen LogP contribution in [0.25, 0.3) is 5.57 Å². The molecule has 2 aliphatic heterocycles. The molecule has 2 aromatic rings. The molecule has 0 aliphatic carbocycles. The highest BCUT2D eigenvalue weighted by atomic mass is 35.5. The Morgan fingerprint density at radius 2 is 1.69 bits per heavy atom. The number of halogens is 1. The molecule has 1 aromatic heterocycles. The van der Waals surface area contributed by atoms with Gasteiger partial charge in [0.05, 0.1) is 17.8 Å². The summed E-state index contributed by atoms with van der Waals surface area (Å²) in [6.07, 6.45) is 2.79. The van der Waals surface area contributed by atoms with Crippen LogP contribution in [0.15, 0.2) is 54.4 Å². The van der Waals surface area contributed by atoms with Crippen molar-refractivity contribution in [3.63, 3.8) is 0 Å². The van der Waals surface area contributed by atoms with E-state index in [2.05, 4.69) is 23.7 Å². The first-order valence-corrected chi connectivity index (χ1v) is 10.3. The fourth-order valence-electron chi connectivity index (χ4n) is 4.38. The number of amides is 2. The fourth-order valence-corrected chi connectivity index (χ4v) is 4.50. The molecule has 150 valence electrons. The molecule has 0 saturated carbocycles. The number of hydrogen-bond donors (Lipinski definition) is 0. The second-order valence-electron chi connectivity index (χ2n) is 8.10. The van der Waals surface area contributed by atoms with E-state index in [1.165, 1.54) is 4.90 Å². The number of carbonyl (C=O) groups excluding carboxylic acids is 2. The number of aromatic nitrogens is 1. The van der Waals surface area contributed by atoms with Crippen LogP contribution in [-0.4, -0.2) is 39.7 Å². The molecule has 0 radical (unpaired) electrons. The number of rotatable bonds is 4. The normalized spacial score (nSPS) is 22.6. The average Bonchev–Trinajstić information content (AvgIpc) is 2.93. The Hall–Kier alpha value is -2.66. The largest absolute Gasteiger partial charge is 0.366 e. The summed E-state index contributed by atoms with van der Waals surface area (Å²) in [5.41, 5.74) is 2.37. The van der Waals surface area contributed by atoms with E-state index >= 15 is 0 Å². The zero-order valence-electron chi connectivity index (χ0n) is 16.6. The number of hydrogen-bond acceptors (Lipinski definition) is 4. The third kappa shape index (κ3) is 3.92. The Labute approximate surface area is 176 Å². The lowest BCUT2D eigenvalue weighted by atomic mass is 9.91. The fraction of sp³-hybridized carbons (Fsp3) is 0.348. The van der Waals surface area contributed by atoms with E-state index in [0.717, 1.165) is 25.1 Å². The van der Waals surface area contributed by atoms with E-state index in [9.17, 15) is 9.59 Å². The van der Waals surface area contributed by atoms with Gasteiger partial charge in [-0.3, -0.25) is 19.5 Å². The maximum atomic E-state index is 13.4. The van der Waals surface area contributed by atoms with E-state index in [4.69, 9.17) is 11.6 Å². The van der Waals surface area contributed by atoms with Crippen molar-refractivity contribution in [3.8, 4) is 0 Å². The van der Waals surface area contributed by atoms with Crippen LogP contribution in [0.5, 0.6) is 0 Å². The quantitative estimate of drug-likeness (QED) is 0.716. The molecule has 0 bridgehead atoms. The number of likely N-dealkylation sites (tertiary alicyclic amines) is 1. The van der Waals surface area contributed by atoms with Crippen molar-refractivity contribution in [2.24, 2.45) is 11.8 Å². The van der Waals surface area contributed by atoms with Crippen LogP contribution in [0.2, 0.25) is 5.02 Å². The second-order valence-corrected chi connectivity index (χ2v) is 8.54. The molecule has 1 aromatic carbocycles. The van der Waals surface area contributed by atoms with Crippen molar-refractivity contribution in [1.29, 1.82) is 0 Å². The summed E-state index contributed by atoms with van der Waals surface area (Å²) in [6.45, 7) is 6.09. The lowest BCUT2D eigenvalue weighted by Gasteiger charge is -2.37. The van der Waals surface area contributed by atoms with Gasteiger partial charge in [-0.1, -0.05) is 43.6 Å². The molecule has 0 N–H and O–H groups in total. The van der Waals surface area contributed by atoms with Crippen molar-refractivity contribution in [1.82, 2.24) is 14.8 Å². The maximum absolute atomic E-state index is 13.4. The van der Waals surface area contributed by atoms with Gasteiger partial charge in [-0.25, -0.2) is 0 Å². The van der Waals surface area contributed by atoms with E-state index in [0.29, 0.717) is 33.8 Å². The minimum atomic E-state index is -0.274. The molecule has 4 rings (SSSR count). The molecular weight excluding hydrogens is 386 g/mol. The topological polar surface area (TPSA) is 53.5 Å². The smallest absolute Gasteiger partial charge is 0.278 e. The molecule has 5 nitrogen and oxygen atoms in total. The summed E-state index contributed by atoms with van der Waals surface area (Å²) >= 11 is 6.05. The summed E-state index contributed by atoms with van der Waals surface area (Å²) in [7, 11) is 0. The zero-order valence-corrected chi connectivity index (χ0v) is 17.4. The predicted molar refractivity (Wildman–Crippen MR) is 113 cm³/mol. The standard InChI is InChI=1S/C23H24ClN3O2/c1-15-11-16(2)13-26(12-15)21-20(17-6-8-18(24)9-7-17)22(28)27(23(21)29)14-19-5-3-4-10-25-19/h3-10,15-16H,11-14H2,1-2H3. The first kappa shape index (κ1) is 19.6. The Morgan fingerprint density at radius 3 is 2.31 bits per heavy atom. The van der Waals surface area contributed by atoms with Crippen molar-refractivity contribution >= 4 is 29.0 Å². The first-order valence-electron chi connectivity index (χ1n) is 9.95. The number of carbonyl (C=O) groups is 2. The predicted octanol–water partition coefficient (Wildman–Crippen LogP) is 3.99. The summed E-state index contributed by atoms with van der Waals surface area (Å²) in [5, 5.41) is 0.596. The van der Waals surface area contributed by atoms with E-state index in [-0.39, 0.29) is 18.4 Å². The Balaban J connectivity index is 1.75. The van der Waals surface area contributed by atoms with Gasteiger partial charge in [0.2, 0.25) is 0 Å². The van der Waals surface area contributed by atoms with Gasteiger partial charge >= 0.3 is 0 Å². The van der Waals surface area contributed by atoms with Crippen molar-refractivity contribution < 1.29 is 9.59 Å². The van der Waals surface area contributed by atoms with Crippen LogP contribution in [0, 0.1) is 11.8 Å². The Bertz CT molecular complexity index is 946. The maximum Gasteiger partial charge on any atom is 0.278 e. The summed E-state index contributed by atoms with van der Waals surface area (Å²) < 4.78 is 0. The first-order chi connectivity index (χ1) is 13.9. The van der Waals surface area contributed by atoms with Crippen LogP contribution in [0.3, 0.4) is 0 Å². The minimum absolute atomic E-state index is 0.165. The van der Waals surface area contributed by atoms with Gasteiger partial charge in [-0.15, -0.1) is 0 Å². The molecule has 1 saturated heterocycles. The molecule has 2 amide bonds. The van der Waals surface area contributed by atoms with Crippen LogP contribution in [0.4, 0.5) is 0 Å². The molecule has 3 heterocycles. The van der Waals surface area contributed by atoms with Crippen LogP contribution in [0.1, 0.15) is 31.5 Å². The number of imide groups is 1. The van der Waals surface area contributed by atoms with E-state index < -0.39 is 0 Å². The van der Waals surface area contributed by atoms with Crippen molar-refractivity contribution in [3.05, 3.63) is 70.6 Å². The van der Waals surface area contributed by atoms with Crippen LogP contribution >= 0.6 is 11.6 Å². The number of pyridine rings is 1. The SMILES string of the molecule is CC1CC(C)CN(C2=C(c3ccc(Cl)cc3)C(=O)N(Cc3ccccn3)C2=O)C1.